The maximum absolute atomic E-state index is 12.6. The summed E-state index contributed by atoms with van der Waals surface area (Å²) in [5.41, 5.74) is 3.11. The van der Waals surface area contributed by atoms with E-state index in [0.717, 1.165) is 65.0 Å². The summed E-state index contributed by atoms with van der Waals surface area (Å²) in [5.74, 6) is 2.74. The third kappa shape index (κ3) is 11.6. The SMILES string of the molecule is Cc1c(C)c2c(c(C)c1OC(=O)CC(=O)OC(C)(C)C)CC[C@@](C)(CCC[C@H](C)CCC[C@H](C)CCCC(C)C)O2. The molecule has 0 spiro atoms. The van der Waals surface area contributed by atoms with E-state index < -0.39 is 24.0 Å². The minimum atomic E-state index is -0.640. The van der Waals surface area contributed by atoms with Gasteiger partial charge in [0.15, 0.2) is 0 Å². The molecule has 1 aliphatic rings. The topological polar surface area (TPSA) is 61.8 Å². The van der Waals surface area contributed by atoms with Crippen LogP contribution >= 0.6 is 0 Å². The Kier molecular flexibility index (Phi) is 13.2. The van der Waals surface area contributed by atoms with Crippen LogP contribution in [0, 0.1) is 38.5 Å². The number of benzene rings is 1. The Morgan fingerprint density at radius 3 is 1.95 bits per heavy atom. The summed E-state index contributed by atoms with van der Waals surface area (Å²) < 4.78 is 17.7. The lowest BCUT2D eigenvalue weighted by atomic mass is 9.83. The van der Waals surface area contributed by atoms with E-state index in [0.29, 0.717) is 5.75 Å². The zero-order valence-electron chi connectivity index (χ0n) is 28.3. The van der Waals surface area contributed by atoms with Crippen molar-refractivity contribution in [1.29, 1.82) is 0 Å². The molecule has 5 nitrogen and oxygen atoms in total. The Morgan fingerprint density at radius 2 is 1.39 bits per heavy atom. The van der Waals surface area contributed by atoms with Crippen LogP contribution in [0.1, 0.15) is 148 Å². The quantitative estimate of drug-likeness (QED) is 0.119. The van der Waals surface area contributed by atoms with Crippen LogP contribution in [0.2, 0.25) is 0 Å². The van der Waals surface area contributed by atoms with Crippen molar-refractivity contribution in [2.75, 3.05) is 0 Å². The van der Waals surface area contributed by atoms with Crippen LogP contribution in [0.4, 0.5) is 0 Å². The molecule has 0 aromatic heterocycles. The fraction of sp³-hybridized carbons (Fsp3) is 0.778. The highest BCUT2D eigenvalue weighted by molar-refractivity contribution is 5.92. The molecular weight excluding hydrogens is 512 g/mol. The van der Waals surface area contributed by atoms with Gasteiger partial charge in [-0.25, -0.2) is 0 Å². The normalized spacial score (nSPS) is 18.4. The average Bonchev–Trinajstić information content (AvgIpc) is 2.83. The summed E-state index contributed by atoms with van der Waals surface area (Å²) in [6.45, 7) is 23.0. The monoisotopic (exact) mass is 572 g/mol. The highest BCUT2D eigenvalue weighted by atomic mass is 16.6. The molecule has 0 unspecified atom stereocenters. The van der Waals surface area contributed by atoms with Crippen LogP contribution in [0.3, 0.4) is 0 Å². The summed E-state index contributed by atoms with van der Waals surface area (Å²) >= 11 is 0. The standard InChI is InChI=1S/C36H60O5/c1-24(2)15-12-16-25(3)17-13-18-26(4)19-14-21-36(11)22-20-30-29(7)33(27(5)28(6)34(30)41-36)39-31(37)23-32(38)40-35(8,9)10/h24-26H,12-23H2,1-11H3/t25-,26-,36-/m1/s1. The van der Waals surface area contributed by atoms with Gasteiger partial charge in [0.2, 0.25) is 0 Å². The third-order valence-electron chi connectivity index (χ3n) is 8.76. The van der Waals surface area contributed by atoms with Crippen molar-refractivity contribution >= 4 is 11.9 Å². The summed E-state index contributed by atoms with van der Waals surface area (Å²) in [7, 11) is 0. The number of rotatable bonds is 15. The van der Waals surface area contributed by atoms with Gasteiger partial charge in [-0.3, -0.25) is 9.59 Å². The van der Waals surface area contributed by atoms with Crippen LogP contribution in [-0.2, 0) is 20.7 Å². The number of carbonyl (C=O) groups excluding carboxylic acids is 2. The minimum absolute atomic E-state index is 0.184. The first-order chi connectivity index (χ1) is 19.0. The van der Waals surface area contributed by atoms with Gasteiger partial charge in [0.25, 0.3) is 0 Å². The molecule has 1 aromatic rings. The van der Waals surface area contributed by atoms with Gasteiger partial charge in [-0.2, -0.15) is 0 Å². The first-order valence-corrected chi connectivity index (χ1v) is 16.3. The molecule has 0 saturated carbocycles. The van der Waals surface area contributed by atoms with Crippen molar-refractivity contribution in [2.45, 2.75) is 164 Å². The summed E-state index contributed by atoms with van der Waals surface area (Å²) in [6, 6.07) is 0. The van der Waals surface area contributed by atoms with E-state index in [1.165, 1.54) is 51.4 Å². The van der Waals surface area contributed by atoms with Crippen LogP contribution in [0.5, 0.6) is 11.5 Å². The molecule has 2 rings (SSSR count). The molecular formula is C36H60O5. The van der Waals surface area contributed by atoms with E-state index >= 15 is 0 Å². The first-order valence-electron chi connectivity index (χ1n) is 16.3. The molecule has 3 atom stereocenters. The minimum Gasteiger partial charge on any atom is -0.487 e. The fourth-order valence-electron chi connectivity index (χ4n) is 6.06. The predicted molar refractivity (Wildman–Crippen MR) is 169 cm³/mol. The molecule has 0 amide bonds. The van der Waals surface area contributed by atoms with Crippen molar-refractivity contribution in [3.8, 4) is 11.5 Å². The molecule has 1 aromatic carbocycles. The molecule has 5 heteroatoms. The maximum atomic E-state index is 12.6. The number of hydrogen-bond donors (Lipinski definition) is 0. The molecule has 0 radical (unpaired) electrons. The second-order valence-corrected chi connectivity index (χ2v) is 14.7. The van der Waals surface area contributed by atoms with Crippen LogP contribution in [0.25, 0.3) is 0 Å². The molecule has 1 aliphatic heterocycles. The predicted octanol–water partition coefficient (Wildman–Crippen LogP) is 9.77. The van der Waals surface area contributed by atoms with Crippen molar-refractivity contribution < 1.29 is 23.8 Å². The highest BCUT2D eigenvalue weighted by Gasteiger charge is 2.35. The van der Waals surface area contributed by atoms with Gasteiger partial charge in [-0.15, -0.1) is 0 Å². The summed E-state index contributed by atoms with van der Waals surface area (Å²) in [4.78, 5) is 24.7. The summed E-state index contributed by atoms with van der Waals surface area (Å²) in [6.07, 6.45) is 13.0. The number of esters is 2. The van der Waals surface area contributed by atoms with E-state index in [2.05, 4.69) is 34.6 Å². The van der Waals surface area contributed by atoms with E-state index in [1.54, 1.807) is 20.8 Å². The van der Waals surface area contributed by atoms with Gasteiger partial charge in [0, 0.05) is 5.56 Å². The molecule has 0 fully saturated rings. The van der Waals surface area contributed by atoms with E-state index in [4.69, 9.17) is 14.2 Å². The maximum Gasteiger partial charge on any atom is 0.322 e. The number of hydrogen-bond acceptors (Lipinski definition) is 5. The second-order valence-electron chi connectivity index (χ2n) is 14.7. The average molecular weight is 573 g/mol. The van der Waals surface area contributed by atoms with Gasteiger partial charge in [0.1, 0.15) is 29.1 Å². The molecule has 41 heavy (non-hydrogen) atoms. The van der Waals surface area contributed by atoms with Crippen molar-refractivity contribution in [3.63, 3.8) is 0 Å². The largest absolute Gasteiger partial charge is 0.487 e. The second kappa shape index (κ2) is 15.4. The molecule has 0 bridgehead atoms. The van der Waals surface area contributed by atoms with E-state index in [9.17, 15) is 9.59 Å². The van der Waals surface area contributed by atoms with Gasteiger partial charge in [-0.05, 0) is 109 Å². The third-order valence-corrected chi connectivity index (χ3v) is 8.76. The number of fused-ring (bicyclic) bond motifs is 1. The zero-order valence-corrected chi connectivity index (χ0v) is 28.3. The number of ether oxygens (including phenoxy) is 3. The smallest absolute Gasteiger partial charge is 0.322 e. The Bertz CT molecular complexity index is 1020. The van der Waals surface area contributed by atoms with Crippen molar-refractivity contribution in [3.05, 3.63) is 22.3 Å². The number of carbonyl (C=O) groups is 2. The molecule has 0 N–H and O–H groups in total. The van der Waals surface area contributed by atoms with E-state index in [1.807, 2.05) is 20.8 Å². The van der Waals surface area contributed by atoms with Crippen LogP contribution in [-0.4, -0.2) is 23.1 Å². The first kappa shape index (κ1) is 35.2. The van der Waals surface area contributed by atoms with Gasteiger partial charge < -0.3 is 14.2 Å². The van der Waals surface area contributed by atoms with Gasteiger partial charge in [-0.1, -0.05) is 72.6 Å². The summed E-state index contributed by atoms with van der Waals surface area (Å²) in [5, 5.41) is 0. The Hall–Kier alpha value is -2.04. The lowest BCUT2D eigenvalue weighted by Crippen LogP contribution is -2.37. The lowest BCUT2D eigenvalue weighted by molar-refractivity contribution is -0.158. The molecule has 234 valence electrons. The van der Waals surface area contributed by atoms with Gasteiger partial charge >= 0.3 is 11.9 Å². The fourth-order valence-corrected chi connectivity index (χ4v) is 6.06. The zero-order chi connectivity index (χ0) is 31.0. The molecule has 0 saturated heterocycles. The van der Waals surface area contributed by atoms with Crippen LogP contribution in [0.15, 0.2) is 0 Å². The van der Waals surface area contributed by atoms with Crippen molar-refractivity contribution in [1.82, 2.24) is 0 Å². The molecule has 0 aliphatic carbocycles. The molecule has 1 heterocycles. The lowest BCUT2D eigenvalue weighted by Gasteiger charge is -2.38. The Labute approximate surface area is 251 Å². The van der Waals surface area contributed by atoms with Crippen LogP contribution < -0.4 is 9.47 Å². The Morgan fingerprint density at radius 1 is 0.829 bits per heavy atom. The Balaban J connectivity index is 1.90. The van der Waals surface area contributed by atoms with E-state index in [-0.39, 0.29) is 5.60 Å². The van der Waals surface area contributed by atoms with Gasteiger partial charge in [0.05, 0.1) is 0 Å². The van der Waals surface area contributed by atoms with Crippen molar-refractivity contribution in [2.24, 2.45) is 17.8 Å². The highest BCUT2D eigenvalue weighted by Crippen LogP contribution is 2.45.